The molecule has 8 heteroatoms. The van der Waals surface area contributed by atoms with Gasteiger partial charge in [-0.1, -0.05) is 23.8 Å². The Kier molecular flexibility index (Phi) is 9.18. The highest BCUT2D eigenvalue weighted by molar-refractivity contribution is 5.95. The van der Waals surface area contributed by atoms with Gasteiger partial charge in [0, 0.05) is 18.5 Å². The Morgan fingerprint density at radius 2 is 1.89 bits per heavy atom. The van der Waals surface area contributed by atoms with Crippen LogP contribution in [0.4, 0.5) is 0 Å². The van der Waals surface area contributed by atoms with Gasteiger partial charge < -0.3 is 20.1 Å². The van der Waals surface area contributed by atoms with Gasteiger partial charge in [-0.2, -0.15) is 5.10 Å². The van der Waals surface area contributed by atoms with E-state index < -0.39 is 0 Å². The Bertz CT molecular complexity index is 1160. The fraction of sp³-hybridized carbons (Fsp3) is 0.407. The van der Waals surface area contributed by atoms with Crippen LogP contribution in [0.15, 0.2) is 42.6 Å². The molecule has 0 unspecified atom stereocenters. The summed E-state index contributed by atoms with van der Waals surface area (Å²) in [5, 5.41) is 11.2. The number of halogens is 1. The molecule has 7 nitrogen and oxygen atoms in total. The molecule has 1 saturated heterocycles. The highest BCUT2D eigenvalue weighted by Gasteiger charge is 2.27. The predicted molar refractivity (Wildman–Crippen MR) is 141 cm³/mol. The third-order valence-corrected chi connectivity index (χ3v) is 6.53. The molecule has 0 atom stereocenters. The minimum Gasteiger partial charge on any atom is -0.497 e. The standard InChI is InChI=1S/C27H34N4O3.ClH/c1-18-5-8-24(19(2)15-18)31-26(21-9-12-28-13-10-21)23(17-30-31)27(32)29-14-11-20-6-7-22(33-3)16-25(20)34-4;/h5-8,15-17,21,28H,9-14H2,1-4H3,(H,29,32);1H. The van der Waals surface area contributed by atoms with Crippen molar-refractivity contribution in [2.45, 2.75) is 39.0 Å². The van der Waals surface area contributed by atoms with Crippen LogP contribution in [0.25, 0.3) is 5.69 Å². The second-order valence-corrected chi connectivity index (χ2v) is 8.85. The van der Waals surface area contributed by atoms with Crippen molar-refractivity contribution in [3.63, 3.8) is 0 Å². The van der Waals surface area contributed by atoms with Crippen molar-refractivity contribution in [3.05, 3.63) is 70.5 Å². The van der Waals surface area contributed by atoms with E-state index in [1.54, 1.807) is 20.4 Å². The minimum absolute atomic E-state index is 0. The largest absolute Gasteiger partial charge is 0.497 e. The van der Waals surface area contributed by atoms with E-state index in [9.17, 15) is 4.79 Å². The lowest BCUT2D eigenvalue weighted by Gasteiger charge is -2.25. The van der Waals surface area contributed by atoms with Crippen LogP contribution in [0.3, 0.4) is 0 Å². The highest BCUT2D eigenvalue weighted by atomic mass is 35.5. The zero-order valence-electron chi connectivity index (χ0n) is 20.9. The van der Waals surface area contributed by atoms with Gasteiger partial charge in [0.2, 0.25) is 0 Å². The maximum Gasteiger partial charge on any atom is 0.254 e. The molecule has 2 N–H and O–H groups in total. The van der Waals surface area contributed by atoms with Crippen molar-refractivity contribution in [2.24, 2.45) is 0 Å². The summed E-state index contributed by atoms with van der Waals surface area (Å²) in [7, 11) is 3.27. The number of methoxy groups -OCH3 is 2. The first-order chi connectivity index (χ1) is 16.5. The number of ether oxygens (including phenoxy) is 2. The van der Waals surface area contributed by atoms with Gasteiger partial charge in [0.1, 0.15) is 11.5 Å². The first-order valence-electron chi connectivity index (χ1n) is 11.9. The SMILES string of the molecule is COc1ccc(CCNC(=O)c2cnn(-c3ccc(C)cc3C)c2C2CCNCC2)c(OC)c1.Cl. The molecule has 1 aromatic heterocycles. The molecule has 0 spiro atoms. The fourth-order valence-electron chi connectivity index (χ4n) is 4.72. The molecule has 188 valence electrons. The lowest BCUT2D eigenvalue weighted by molar-refractivity contribution is 0.0952. The number of aryl methyl sites for hydroxylation is 2. The second kappa shape index (κ2) is 12.1. The summed E-state index contributed by atoms with van der Waals surface area (Å²) >= 11 is 0. The summed E-state index contributed by atoms with van der Waals surface area (Å²) in [5.41, 5.74) is 6.08. The van der Waals surface area contributed by atoms with Crippen LogP contribution in [0, 0.1) is 13.8 Å². The predicted octanol–water partition coefficient (Wildman–Crippen LogP) is 4.37. The van der Waals surface area contributed by atoms with Crippen molar-refractivity contribution in [1.29, 1.82) is 0 Å². The number of carbonyl (C=O) groups is 1. The van der Waals surface area contributed by atoms with Gasteiger partial charge in [-0.05, 0) is 69.5 Å². The van der Waals surface area contributed by atoms with Gasteiger partial charge in [0.25, 0.3) is 5.91 Å². The van der Waals surface area contributed by atoms with Crippen LogP contribution < -0.4 is 20.1 Å². The van der Waals surface area contributed by atoms with E-state index in [1.165, 1.54) is 5.56 Å². The molecule has 1 aliphatic rings. The van der Waals surface area contributed by atoms with Crippen LogP contribution in [0.5, 0.6) is 11.5 Å². The van der Waals surface area contributed by atoms with Crippen LogP contribution in [0.1, 0.15) is 51.5 Å². The molecule has 1 amide bonds. The molecular weight excluding hydrogens is 464 g/mol. The van der Waals surface area contributed by atoms with Gasteiger partial charge in [-0.25, -0.2) is 4.68 Å². The Hall–Kier alpha value is -3.03. The number of hydrogen-bond donors (Lipinski definition) is 2. The van der Waals surface area contributed by atoms with E-state index in [1.807, 2.05) is 22.9 Å². The van der Waals surface area contributed by atoms with Crippen LogP contribution in [0.2, 0.25) is 0 Å². The van der Waals surface area contributed by atoms with Crippen LogP contribution in [-0.2, 0) is 6.42 Å². The summed E-state index contributed by atoms with van der Waals surface area (Å²) in [6, 6.07) is 12.1. The molecule has 0 aliphatic carbocycles. The second-order valence-electron chi connectivity index (χ2n) is 8.85. The number of nitrogens with zero attached hydrogens (tertiary/aromatic N) is 2. The average Bonchev–Trinajstić information content (AvgIpc) is 3.29. The highest BCUT2D eigenvalue weighted by Crippen LogP contribution is 2.31. The molecule has 3 aromatic rings. The lowest BCUT2D eigenvalue weighted by atomic mass is 9.91. The molecule has 4 rings (SSSR count). The number of piperidine rings is 1. The Labute approximate surface area is 213 Å². The molecule has 0 bridgehead atoms. The van der Waals surface area contributed by atoms with Crippen molar-refractivity contribution in [3.8, 4) is 17.2 Å². The first-order valence-corrected chi connectivity index (χ1v) is 11.9. The smallest absolute Gasteiger partial charge is 0.254 e. The quantitative estimate of drug-likeness (QED) is 0.482. The zero-order valence-corrected chi connectivity index (χ0v) is 21.7. The molecular formula is C27H35ClN4O3. The Morgan fingerprint density at radius 1 is 1.11 bits per heavy atom. The Balaban J connectivity index is 0.00000342. The summed E-state index contributed by atoms with van der Waals surface area (Å²) < 4.78 is 12.7. The number of benzene rings is 2. The summed E-state index contributed by atoms with van der Waals surface area (Å²) in [4.78, 5) is 13.3. The number of aromatic nitrogens is 2. The van der Waals surface area contributed by atoms with E-state index >= 15 is 0 Å². The first kappa shape index (κ1) is 26.6. The van der Waals surface area contributed by atoms with Crippen LogP contribution >= 0.6 is 12.4 Å². The van der Waals surface area contributed by atoms with E-state index in [0.717, 1.165) is 59.9 Å². The van der Waals surface area contributed by atoms with Crippen LogP contribution in [-0.4, -0.2) is 49.5 Å². The van der Waals surface area contributed by atoms with Crippen molar-refractivity contribution >= 4 is 18.3 Å². The number of hydrogen-bond acceptors (Lipinski definition) is 5. The number of rotatable bonds is 8. The van der Waals surface area contributed by atoms with Gasteiger partial charge >= 0.3 is 0 Å². The third kappa shape index (κ3) is 5.97. The van der Waals surface area contributed by atoms with Crippen molar-refractivity contribution in [2.75, 3.05) is 33.9 Å². The summed E-state index contributed by atoms with van der Waals surface area (Å²) in [6.45, 7) is 6.58. The van der Waals surface area contributed by atoms with Crippen molar-refractivity contribution < 1.29 is 14.3 Å². The number of amides is 1. The molecule has 1 fully saturated rings. The molecule has 0 radical (unpaired) electrons. The van der Waals surface area contributed by atoms with Gasteiger partial charge in [-0.3, -0.25) is 4.79 Å². The molecule has 2 aromatic carbocycles. The van der Waals surface area contributed by atoms with E-state index in [-0.39, 0.29) is 24.2 Å². The molecule has 0 saturated carbocycles. The molecule has 2 heterocycles. The van der Waals surface area contributed by atoms with E-state index in [0.29, 0.717) is 18.5 Å². The van der Waals surface area contributed by atoms with E-state index in [2.05, 4.69) is 47.8 Å². The van der Waals surface area contributed by atoms with E-state index in [4.69, 9.17) is 9.47 Å². The molecule has 35 heavy (non-hydrogen) atoms. The lowest BCUT2D eigenvalue weighted by Crippen LogP contribution is -2.31. The number of carbonyl (C=O) groups excluding carboxylic acids is 1. The summed E-state index contributed by atoms with van der Waals surface area (Å²) in [6.07, 6.45) is 4.35. The average molecular weight is 499 g/mol. The van der Waals surface area contributed by atoms with Gasteiger partial charge in [0.05, 0.1) is 37.4 Å². The normalized spacial score (nSPS) is 13.7. The monoisotopic (exact) mass is 498 g/mol. The van der Waals surface area contributed by atoms with Crippen molar-refractivity contribution in [1.82, 2.24) is 20.4 Å². The summed E-state index contributed by atoms with van der Waals surface area (Å²) in [5.74, 6) is 1.70. The maximum absolute atomic E-state index is 13.3. The van der Waals surface area contributed by atoms with Gasteiger partial charge in [0.15, 0.2) is 0 Å². The topological polar surface area (TPSA) is 77.4 Å². The van der Waals surface area contributed by atoms with Gasteiger partial charge in [-0.15, -0.1) is 12.4 Å². The fourth-order valence-corrected chi connectivity index (χ4v) is 4.72. The maximum atomic E-state index is 13.3. The molecule has 1 aliphatic heterocycles. The minimum atomic E-state index is -0.0861. The number of nitrogens with one attached hydrogen (secondary N) is 2. The zero-order chi connectivity index (χ0) is 24.1. The third-order valence-electron chi connectivity index (χ3n) is 6.53. The Morgan fingerprint density at radius 3 is 2.57 bits per heavy atom.